The number of hydrogen-bond donors (Lipinski definition) is 7. The number of unbranched alkanes of at least 4 members (excludes halogenated alkanes) is 1. The lowest BCUT2D eigenvalue weighted by Gasteiger charge is -2.44. The highest BCUT2D eigenvalue weighted by Crippen LogP contribution is 2.30. The molecule has 0 bridgehead atoms. The molecule has 1 aliphatic rings. The Bertz CT molecular complexity index is 2320. The number of carbonyl (C=O) groups excluding carboxylic acids is 5. The Morgan fingerprint density at radius 1 is 0.805 bits per heavy atom. The summed E-state index contributed by atoms with van der Waals surface area (Å²) in [6.45, 7) is 25.3. The summed E-state index contributed by atoms with van der Waals surface area (Å²) in [5.41, 5.74) is 7.20. The number of amides is 5. The van der Waals surface area contributed by atoms with Gasteiger partial charge in [-0.25, -0.2) is 13.1 Å². The van der Waals surface area contributed by atoms with Gasteiger partial charge in [-0.15, -0.1) is 0 Å². The zero-order valence-electron chi connectivity index (χ0n) is 48.2. The number of anilines is 1. The van der Waals surface area contributed by atoms with Crippen LogP contribution < -0.4 is 37.0 Å². The van der Waals surface area contributed by atoms with Gasteiger partial charge in [-0.1, -0.05) is 105 Å². The van der Waals surface area contributed by atoms with Gasteiger partial charge in [-0.3, -0.25) is 28.9 Å². The molecule has 1 heterocycles. The van der Waals surface area contributed by atoms with Gasteiger partial charge in [-0.05, 0) is 94.4 Å². The number of nitrogens with one attached hydrogen (secondary N) is 6. The number of imide groups is 1. The number of nitrogens with two attached hydrogens (primary N) is 1. The Morgan fingerprint density at radius 2 is 1.40 bits per heavy atom. The van der Waals surface area contributed by atoms with Gasteiger partial charge < -0.3 is 51.4 Å². The number of carbonyl (C=O) groups is 5. The first kappa shape index (κ1) is 66.2. The van der Waals surface area contributed by atoms with Crippen molar-refractivity contribution in [2.75, 3.05) is 78.7 Å². The second kappa shape index (κ2) is 32.1. The summed E-state index contributed by atoms with van der Waals surface area (Å²) in [6.07, 6.45) is 5.80. The Kier molecular flexibility index (Phi) is 27.6. The van der Waals surface area contributed by atoms with Gasteiger partial charge in [-0.2, -0.15) is 0 Å². The van der Waals surface area contributed by atoms with E-state index in [0.29, 0.717) is 18.8 Å². The number of nitrogens with zero attached hydrogens (tertiary/aromatic N) is 2. The largest absolute Gasteiger partial charge is 0.379 e. The Labute approximate surface area is 460 Å². The third kappa shape index (κ3) is 21.9. The molecule has 0 saturated carbocycles. The maximum Gasteiger partial charge on any atom is 0.264 e. The van der Waals surface area contributed by atoms with Crippen molar-refractivity contribution in [1.29, 1.82) is 0 Å². The van der Waals surface area contributed by atoms with Crippen LogP contribution in [0.25, 0.3) is 0 Å². The van der Waals surface area contributed by atoms with Crippen LogP contribution in [-0.2, 0) is 53.6 Å². The maximum absolute atomic E-state index is 13.5. The molecular formula is C57H93N9O10S. The summed E-state index contributed by atoms with van der Waals surface area (Å²) >= 11 is 0. The maximum atomic E-state index is 13.5. The molecule has 0 radical (unpaired) electrons. The van der Waals surface area contributed by atoms with E-state index in [2.05, 4.69) is 102 Å². The van der Waals surface area contributed by atoms with Crippen molar-refractivity contribution >= 4 is 45.2 Å². The Hall–Kier alpha value is -5.06. The zero-order chi connectivity index (χ0) is 57.5. The van der Waals surface area contributed by atoms with Gasteiger partial charge in [0.2, 0.25) is 11.8 Å². The van der Waals surface area contributed by atoms with Gasteiger partial charge in [0, 0.05) is 72.5 Å². The van der Waals surface area contributed by atoms with Crippen molar-refractivity contribution in [2.45, 2.75) is 149 Å². The van der Waals surface area contributed by atoms with E-state index < -0.39 is 40.0 Å². The average Bonchev–Trinajstić information content (AvgIpc) is 3.70. The minimum Gasteiger partial charge on any atom is -0.379 e. The van der Waals surface area contributed by atoms with E-state index in [4.69, 9.17) is 19.9 Å². The summed E-state index contributed by atoms with van der Waals surface area (Å²) in [4.78, 5) is 67.6. The second-order valence-corrected chi connectivity index (χ2v) is 24.0. The molecule has 77 heavy (non-hydrogen) atoms. The molecule has 0 spiro atoms. The number of ether oxygens (including phenoxy) is 3. The molecule has 2 aromatic carbocycles. The van der Waals surface area contributed by atoms with Crippen LogP contribution in [0.2, 0.25) is 0 Å². The quantitative estimate of drug-likeness (QED) is 0.0274. The lowest BCUT2D eigenvalue weighted by molar-refractivity contribution is -0.140. The van der Waals surface area contributed by atoms with Crippen molar-refractivity contribution in [3.05, 3.63) is 84.0 Å². The summed E-state index contributed by atoms with van der Waals surface area (Å²) in [5.74, 6) is -2.40. The molecule has 0 fully saturated rings. The van der Waals surface area contributed by atoms with Gasteiger partial charge in [0.25, 0.3) is 27.7 Å². The van der Waals surface area contributed by atoms with Crippen LogP contribution in [0.3, 0.4) is 0 Å². The Morgan fingerprint density at radius 3 is 1.96 bits per heavy atom. The van der Waals surface area contributed by atoms with Crippen LogP contribution in [0, 0.1) is 17.3 Å². The summed E-state index contributed by atoms with van der Waals surface area (Å²) in [7, 11) is -0.159. The fourth-order valence-corrected chi connectivity index (χ4v) is 10.0. The topological polar surface area (TPSA) is 252 Å². The molecule has 8 N–H and O–H groups in total. The summed E-state index contributed by atoms with van der Waals surface area (Å²) in [5, 5.41) is 16.1. The first-order chi connectivity index (χ1) is 36.2. The highest BCUT2D eigenvalue weighted by Gasteiger charge is 2.36. The van der Waals surface area contributed by atoms with Crippen molar-refractivity contribution < 1.29 is 46.6 Å². The second-order valence-electron chi connectivity index (χ2n) is 22.3. The van der Waals surface area contributed by atoms with Crippen molar-refractivity contribution in [2.24, 2.45) is 23.0 Å². The van der Waals surface area contributed by atoms with Crippen molar-refractivity contribution in [3.8, 4) is 0 Å². The van der Waals surface area contributed by atoms with Crippen LogP contribution in [0.5, 0.6) is 0 Å². The fourth-order valence-electron chi connectivity index (χ4n) is 9.03. The van der Waals surface area contributed by atoms with E-state index in [1.165, 1.54) is 29.8 Å². The summed E-state index contributed by atoms with van der Waals surface area (Å²) < 4.78 is 46.3. The van der Waals surface area contributed by atoms with Gasteiger partial charge in [0.15, 0.2) is 0 Å². The third-order valence-electron chi connectivity index (χ3n) is 13.9. The lowest BCUT2D eigenvalue weighted by atomic mass is 9.77. The molecule has 6 atom stereocenters. The highest BCUT2D eigenvalue weighted by atomic mass is 32.2. The number of likely N-dealkylation sites (N-methyl/N-ethyl adjacent to an activating group) is 2. The molecule has 1 aliphatic heterocycles. The molecule has 2 aromatic rings. The normalized spacial score (nSPS) is 15.9. The van der Waals surface area contributed by atoms with Gasteiger partial charge in [0.1, 0.15) is 12.2 Å². The van der Waals surface area contributed by atoms with E-state index in [9.17, 15) is 32.4 Å². The monoisotopic (exact) mass is 1100 g/mol. The van der Waals surface area contributed by atoms with E-state index in [1.54, 1.807) is 13.0 Å². The first-order valence-corrected chi connectivity index (χ1v) is 28.6. The van der Waals surface area contributed by atoms with Crippen LogP contribution >= 0.6 is 0 Å². The zero-order valence-corrected chi connectivity index (χ0v) is 49.0. The van der Waals surface area contributed by atoms with Crippen LogP contribution in [0.15, 0.2) is 83.3 Å². The van der Waals surface area contributed by atoms with E-state index in [1.807, 2.05) is 47.7 Å². The number of hydrogen-bond acceptors (Lipinski definition) is 15. The third-order valence-corrected chi connectivity index (χ3v) is 15.3. The molecule has 5 amide bonds. The lowest BCUT2D eigenvalue weighted by Crippen LogP contribution is -2.56. The molecular weight excluding hydrogens is 1000 g/mol. The molecule has 0 saturated heterocycles. The van der Waals surface area contributed by atoms with E-state index in [-0.39, 0.29) is 115 Å². The van der Waals surface area contributed by atoms with Crippen LogP contribution in [-0.4, -0.2) is 157 Å². The van der Waals surface area contributed by atoms with Crippen LogP contribution in [0.4, 0.5) is 5.69 Å². The van der Waals surface area contributed by atoms with Crippen LogP contribution in [0.1, 0.15) is 107 Å². The molecule has 0 aliphatic carbocycles. The number of benzene rings is 2. The van der Waals surface area contributed by atoms with E-state index >= 15 is 0 Å². The van der Waals surface area contributed by atoms with Gasteiger partial charge in [0.05, 0.1) is 44.5 Å². The minimum atomic E-state index is -4.30. The molecule has 0 aromatic heterocycles. The molecule has 19 nitrogen and oxygen atoms in total. The summed E-state index contributed by atoms with van der Waals surface area (Å²) in [6, 6.07) is 15.4. The number of sulfonamides is 1. The standard InChI is InChI=1S/C57H93N9O10S/c1-39(2)46(60-36-48(56(7,8)9)65(13)37-47(59-12)57(10,11)43-20-15-14-16-21-43)35-41(5)54(70)64-77(72,73)45-24-22-44(23-25-45)62-49(66-51(68)26-27-52(66)69)38-76-34-33-75-32-31-74-30-28-50(67)63-53(40(3)4)55(71)61-42(6)19-17-18-29-58/h14-16,20-27,35,39-40,42,46-49,53,59-60,62H,17-19,28-34,36-38,58H2,1-13H3,(H,61,71)(H,63,67)(H,64,70)/b41-35+/t42-,46?,47+,48+,49-,53-/m0/s1. The molecule has 3 rings (SSSR count). The number of rotatable bonds is 36. The minimum absolute atomic E-state index is 0.0297. The van der Waals surface area contributed by atoms with Crippen molar-refractivity contribution in [1.82, 2.24) is 35.8 Å². The highest BCUT2D eigenvalue weighted by molar-refractivity contribution is 7.90. The molecule has 1 unspecified atom stereocenters. The average molecular weight is 1100 g/mol. The molecule has 432 valence electrons. The predicted octanol–water partition coefficient (Wildman–Crippen LogP) is 4.84. The predicted molar refractivity (Wildman–Crippen MR) is 303 cm³/mol. The Balaban J connectivity index is 1.52. The molecule has 20 heteroatoms. The fraction of sp³-hybridized carbons (Fsp3) is 0.632. The SMILES string of the molecule is CN[C@H](CN(C)[C@H](CNC(/C=C(\C)C(=O)NS(=O)(=O)c1ccc(N[C@H](COCCOCCOCCC(=O)N[C@H](C(=O)N[C@@H](C)CCCCN)C(C)C)N2C(=O)C=CC2=O)cc1)C(C)C)C(C)(C)C)C(C)(C)c1ccccc1. The van der Waals surface area contributed by atoms with Gasteiger partial charge >= 0.3 is 0 Å². The van der Waals surface area contributed by atoms with E-state index in [0.717, 1.165) is 42.9 Å². The first-order valence-electron chi connectivity index (χ1n) is 27.1. The smallest absolute Gasteiger partial charge is 0.264 e. The van der Waals surface area contributed by atoms with Crippen molar-refractivity contribution in [3.63, 3.8) is 0 Å².